The third-order valence-electron chi connectivity index (χ3n) is 3.59. The fraction of sp³-hybridized carbons (Fsp3) is 0.400. The molecule has 0 unspecified atom stereocenters. The number of aromatic nitrogens is 3. The third kappa shape index (κ3) is 3.26. The van der Waals surface area contributed by atoms with Gasteiger partial charge in [-0.15, -0.1) is 10.2 Å². The van der Waals surface area contributed by atoms with Gasteiger partial charge in [0.25, 0.3) is 0 Å². The highest BCUT2D eigenvalue weighted by Crippen LogP contribution is 2.29. The summed E-state index contributed by atoms with van der Waals surface area (Å²) < 4.78 is 1.92. The molecule has 108 valence electrons. The van der Waals surface area contributed by atoms with Crippen molar-refractivity contribution in [2.45, 2.75) is 42.4 Å². The maximum Gasteiger partial charge on any atom is 0.195 e. The van der Waals surface area contributed by atoms with E-state index in [0.29, 0.717) is 11.6 Å². The molecule has 3 rings (SSSR count). The van der Waals surface area contributed by atoms with Gasteiger partial charge >= 0.3 is 0 Å². The Balaban J connectivity index is 1.78. The maximum atomic E-state index is 9.36. The van der Waals surface area contributed by atoms with Gasteiger partial charge in [-0.05, 0) is 49.2 Å². The molecule has 1 N–H and O–H groups in total. The smallest absolute Gasteiger partial charge is 0.195 e. The topological polar surface area (TPSA) is 66.5 Å². The van der Waals surface area contributed by atoms with Crippen LogP contribution in [0.3, 0.4) is 0 Å². The minimum Gasteiger partial charge on any atom is -0.310 e. The van der Waals surface area contributed by atoms with Gasteiger partial charge in [-0.25, -0.2) is 0 Å². The predicted octanol–water partition coefficient (Wildman–Crippen LogP) is 2.40. The molecule has 1 aromatic heterocycles. The first-order chi connectivity index (χ1) is 10.2. The molecule has 2 aromatic rings. The zero-order chi connectivity index (χ0) is 14.8. The predicted molar refractivity (Wildman–Crippen MR) is 80.9 cm³/mol. The summed E-state index contributed by atoms with van der Waals surface area (Å²) >= 11 is 1.48. The van der Waals surface area contributed by atoms with E-state index in [2.05, 4.69) is 27.6 Å². The Kier molecular flexibility index (Phi) is 3.95. The molecule has 0 spiro atoms. The minimum absolute atomic E-state index is 0.672. The molecular formula is C15H17N5S. The molecule has 0 saturated heterocycles. The Bertz CT molecular complexity index is 697. The Morgan fingerprint density at radius 1 is 1.43 bits per heavy atom. The molecule has 5 nitrogen and oxygen atoms in total. The van der Waals surface area contributed by atoms with E-state index in [1.807, 2.05) is 30.7 Å². The quantitative estimate of drug-likeness (QED) is 0.918. The molecular weight excluding hydrogens is 282 g/mol. The molecule has 21 heavy (non-hydrogen) atoms. The summed E-state index contributed by atoms with van der Waals surface area (Å²) in [6, 6.07) is 8.98. The van der Waals surface area contributed by atoms with Crippen LogP contribution in [-0.2, 0) is 13.6 Å². The molecule has 1 aliphatic carbocycles. The van der Waals surface area contributed by atoms with E-state index in [1.165, 1.54) is 24.6 Å². The van der Waals surface area contributed by atoms with E-state index in [1.54, 1.807) is 0 Å². The average molecular weight is 299 g/mol. The standard InChI is InChI=1S/C15H17N5S/c1-10-18-19-15(20(10)2)21-14-6-3-11(7-12(14)8-16)9-17-13-4-5-13/h3,6-7,13,17H,4-5,9H2,1-2H3. The van der Waals surface area contributed by atoms with Crippen LogP contribution >= 0.6 is 11.8 Å². The lowest BCUT2D eigenvalue weighted by Gasteiger charge is -2.07. The van der Waals surface area contributed by atoms with Crippen molar-refractivity contribution in [3.05, 3.63) is 35.2 Å². The Morgan fingerprint density at radius 2 is 2.24 bits per heavy atom. The molecule has 1 aliphatic rings. The third-order valence-corrected chi connectivity index (χ3v) is 4.70. The van der Waals surface area contributed by atoms with E-state index in [-0.39, 0.29) is 0 Å². The van der Waals surface area contributed by atoms with Gasteiger partial charge in [0.1, 0.15) is 11.9 Å². The summed E-state index contributed by atoms with van der Waals surface area (Å²) in [5.41, 5.74) is 1.84. The zero-order valence-corrected chi connectivity index (χ0v) is 12.9. The van der Waals surface area contributed by atoms with Gasteiger partial charge in [0, 0.05) is 24.5 Å². The van der Waals surface area contributed by atoms with E-state index < -0.39 is 0 Å². The minimum atomic E-state index is 0.672. The van der Waals surface area contributed by atoms with Crippen molar-refractivity contribution in [1.29, 1.82) is 5.26 Å². The lowest BCUT2D eigenvalue weighted by atomic mass is 10.1. The average Bonchev–Trinajstić information content (AvgIpc) is 3.28. The molecule has 1 saturated carbocycles. The van der Waals surface area contributed by atoms with E-state index >= 15 is 0 Å². The highest BCUT2D eigenvalue weighted by atomic mass is 32.2. The van der Waals surface area contributed by atoms with Gasteiger partial charge in [0.15, 0.2) is 5.16 Å². The van der Waals surface area contributed by atoms with Crippen LogP contribution in [0.25, 0.3) is 0 Å². The largest absolute Gasteiger partial charge is 0.310 e. The van der Waals surface area contributed by atoms with Crippen LogP contribution in [-0.4, -0.2) is 20.8 Å². The number of nitriles is 1. The second kappa shape index (κ2) is 5.88. The Morgan fingerprint density at radius 3 is 2.86 bits per heavy atom. The highest BCUT2D eigenvalue weighted by molar-refractivity contribution is 7.99. The van der Waals surface area contributed by atoms with Gasteiger partial charge in [-0.2, -0.15) is 5.26 Å². The van der Waals surface area contributed by atoms with Gasteiger partial charge in [-0.3, -0.25) is 0 Å². The normalized spacial score (nSPS) is 14.1. The van der Waals surface area contributed by atoms with Crippen LogP contribution in [0.4, 0.5) is 0 Å². The van der Waals surface area contributed by atoms with E-state index in [9.17, 15) is 5.26 Å². The van der Waals surface area contributed by atoms with E-state index in [0.717, 1.165) is 28.0 Å². The summed E-state index contributed by atoms with van der Waals surface area (Å²) in [4.78, 5) is 0.920. The van der Waals surface area contributed by atoms with Crippen molar-refractivity contribution in [1.82, 2.24) is 20.1 Å². The lowest BCUT2D eigenvalue weighted by molar-refractivity contribution is 0.687. The van der Waals surface area contributed by atoms with Gasteiger partial charge in [-0.1, -0.05) is 6.07 Å². The number of nitrogens with one attached hydrogen (secondary N) is 1. The maximum absolute atomic E-state index is 9.36. The SMILES string of the molecule is Cc1nnc(Sc2ccc(CNC3CC3)cc2C#N)n1C. The Hall–Kier alpha value is -1.84. The molecule has 1 aromatic carbocycles. The number of hydrogen-bond acceptors (Lipinski definition) is 5. The number of nitrogens with zero attached hydrogens (tertiary/aromatic N) is 4. The number of hydrogen-bond donors (Lipinski definition) is 1. The van der Waals surface area contributed by atoms with Crippen LogP contribution in [0.15, 0.2) is 28.3 Å². The molecule has 1 heterocycles. The fourth-order valence-corrected chi connectivity index (χ4v) is 2.89. The molecule has 0 bridgehead atoms. The highest BCUT2D eigenvalue weighted by Gasteiger charge is 2.20. The van der Waals surface area contributed by atoms with Crippen molar-refractivity contribution in [2.24, 2.45) is 7.05 Å². The summed E-state index contributed by atoms with van der Waals surface area (Å²) in [6.45, 7) is 2.74. The van der Waals surface area contributed by atoms with Crippen molar-refractivity contribution < 1.29 is 0 Å². The van der Waals surface area contributed by atoms with Crippen LogP contribution in [0.2, 0.25) is 0 Å². The van der Waals surface area contributed by atoms with Gasteiger partial charge < -0.3 is 9.88 Å². The molecule has 1 fully saturated rings. The number of benzene rings is 1. The van der Waals surface area contributed by atoms with Crippen molar-refractivity contribution in [2.75, 3.05) is 0 Å². The molecule has 0 atom stereocenters. The fourth-order valence-electron chi connectivity index (χ4n) is 1.99. The monoisotopic (exact) mass is 299 g/mol. The Labute approximate surface area is 128 Å². The second-order valence-electron chi connectivity index (χ2n) is 5.29. The molecule has 0 amide bonds. The van der Waals surface area contributed by atoms with Crippen molar-refractivity contribution >= 4 is 11.8 Å². The summed E-state index contributed by atoms with van der Waals surface area (Å²) in [6.07, 6.45) is 2.54. The second-order valence-corrected chi connectivity index (χ2v) is 6.30. The van der Waals surface area contributed by atoms with Crippen LogP contribution in [0.5, 0.6) is 0 Å². The first kappa shape index (κ1) is 14.1. The van der Waals surface area contributed by atoms with Crippen LogP contribution in [0.1, 0.15) is 29.8 Å². The molecule has 0 radical (unpaired) electrons. The number of rotatable bonds is 5. The molecule has 0 aliphatic heterocycles. The van der Waals surface area contributed by atoms with E-state index in [4.69, 9.17) is 0 Å². The van der Waals surface area contributed by atoms with Crippen LogP contribution in [0, 0.1) is 18.3 Å². The van der Waals surface area contributed by atoms with Gasteiger partial charge in [0.2, 0.25) is 0 Å². The van der Waals surface area contributed by atoms with Crippen molar-refractivity contribution in [3.63, 3.8) is 0 Å². The summed E-state index contributed by atoms with van der Waals surface area (Å²) in [5.74, 6) is 0.862. The zero-order valence-electron chi connectivity index (χ0n) is 12.1. The first-order valence-electron chi connectivity index (χ1n) is 6.97. The van der Waals surface area contributed by atoms with Gasteiger partial charge in [0.05, 0.1) is 5.56 Å². The summed E-state index contributed by atoms with van der Waals surface area (Å²) in [7, 11) is 1.93. The van der Waals surface area contributed by atoms with Crippen LogP contribution < -0.4 is 5.32 Å². The molecule has 6 heteroatoms. The van der Waals surface area contributed by atoms with Crippen molar-refractivity contribution in [3.8, 4) is 6.07 Å². The lowest BCUT2D eigenvalue weighted by Crippen LogP contribution is -2.15. The first-order valence-corrected chi connectivity index (χ1v) is 7.79. The summed E-state index contributed by atoms with van der Waals surface area (Å²) in [5, 5.41) is 21.8. The number of aryl methyl sites for hydroxylation is 1.